The normalized spacial score (nSPS) is 14.5. The average molecular weight is 473 g/mol. The van der Waals surface area contributed by atoms with Crippen LogP contribution in [0.2, 0.25) is 0 Å². The Morgan fingerprint density at radius 1 is 1.06 bits per heavy atom. The number of fused-ring (bicyclic) bond motifs is 1. The molecule has 2 aromatic carbocycles. The van der Waals surface area contributed by atoms with Crippen molar-refractivity contribution in [2.24, 2.45) is 0 Å². The largest absolute Gasteiger partial charge is 0.338 e. The number of nitrogens with zero attached hydrogens (tertiary/aromatic N) is 4. The van der Waals surface area contributed by atoms with Crippen LogP contribution in [0.15, 0.2) is 54.9 Å². The molecule has 0 saturated carbocycles. The van der Waals surface area contributed by atoms with Gasteiger partial charge in [-0.2, -0.15) is 4.98 Å². The number of carbonyl (C=O) groups is 1. The van der Waals surface area contributed by atoms with Gasteiger partial charge in [0.05, 0.1) is 5.56 Å². The monoisotopic (exact) mass is 472 g/mol. The van der Waals surface area contributed by atoms with Gasteiger partial charge < -0.3 is 20.1 Å². The van der Waals surface area contributed by atoms with Crippen molar-refractivity contribution in [1.82, 2.24) is 24.8 Å². The molecule has 7 nitrogen and oxygen atoms in total. The Kier molecular flexibility index (Phi) is 6.21. The molecular formula is C27H29FN6O. The van der Waals surface area contributed by atoms with Crippen LogP contribution in [0.3, 0.4) is 0 Å². The van der Waals surface area contributed by atoms with Gasteiger partial charge in [-0.25, -0.2) is 9.37 Å². The molecule has 1 fully saturated rings. The van der Waals surface area contributed by atoms with E-state index in [0.29, 0.717) is 36.4 Å². The van der Waals surface area contributed by atoms with E-state index in [1.807, 2.05) is 37.5 Å². The molecule has 180 valence electrons. The molecule has 0 atom stereocenters. The summed E-state index contributed by atoms with van der Waals surface area (Å²) < 4.78 is 16.9. The van der Waals surface area contributed by atoms with E-state index >= 15 is 4.39 Å². The molecule has 5 rings (SSSR count). The quantitative estimate of drug-likeness (QED) is 0.439. The summed E-state index contributed by atoms with van der Waals surface area (Å²) in [5.74, 6) is -0.339. The third-order valence-corrected chi connectivity index (χ3v) is 6.84. The van der Waals surface area contributed by atoms with Crippen molar-refractivity contribution in [2.75, 3.05) is 25.5 Å². The van der Waals surface area contributed by atoms with Crippen LogP contribution in [0, 0.1) is 19.7 Å². The molecule has 3 heterocycles. The molecule has 8 heteroatoms. The minimum Gasteiger partial charge on any atom is -0.338 e. The first-order valence-electron chi connectivity index (χ1n) is 11.9. The van der Waals surface area contributed by atoms with Crippen LogP contribution >= 0.6 is 0 Å². The average Bonchev–Trinajstić information content (AvgIpc) is 3.29. The summed E-state index contributed by atoms with van der Waals surface area (Å²) in [6, 6.07) is 13.1. The lowest BCUT2D eigenvalue weighted by Crippen LogP contribution is -2.44. The number of likely N-dealkylation sites (tertiary alicyclic amines) is 1. The predicted molar refractivity (Wildman–Crippen MR) is 136 cm³/mol. The smallest absolute Gasteiger partial charge is 0.256 e. The minimum atomic E-state index is -0.535. The van der Waals surface area contributed by atoms with Gasteiger partial charge in [0.1, 0.15) is 11.5 Å². The number of halogens is 1. The number of hydrogen-bond acceptors (Lipinski definition) is 5. The van der Waals surface area contributed by atoms with E-state index in [2.05, 4.69) is 34.4 Å². The fourth-order valence-corrected chi connectivity index (χ4v) is 4.50. The van der Waals surface area contributed by atoms with Gasteiger partial charge in [0.25, 0.3) is 5.91 Å². The highest BCUT2D eigenvalue weighted by atomic mass is 19.1. The lowest BCUT2D eigenvalue weighted by molar-refractivity contribution is 0.0702. The lowest BCUT2D eigenvalue weighted by atomic mass is 10.0. The molecule has 1 saturated heterocycles. The third kappa shape index (κ3) is 4.61. The molecule has 1 amide bonds. The first-order chi connectivity index (χ1) is 16.9. The predicted octanol–water partition coefficient (Wildman–Crippen LogP) is 4.74. The summed E-state index contributed by atoms with van der Waals surface area (Å²) in [5, 5.41) is 7.33. The Morgan fingerprint density at radius 2 is 1.86 bits per heavy atom. The van der Waals surface area contributed by atoms with E-state index < -0.39 is 5.82 Å². The Balaban J connectivity index is 1.40. The van der Waals surface area contributed by atoms with E-state index in [1.165, 1.54) is 17.2 Å². The number of hydrogen-bond donors (Lipinski definition) is 2. The Morgan fingerprint density at radius 3 is 2.57 bits per heavy atom. The van der Waals surface area contributed by atoms with Crippen LogP contribution in [0.5, 0.6) is 0 Å². The van der Waals surface area contributed by atoms with Gasteiger partial charge in [0.2, 0.25) is 5.95 Å². The Labute approximate surface area is 204 Å². The summed E-state index contributed by atoms with van der Waals surface area (Å²) in [6.07, 6.45) is 5.31. The van der Waals surface area contributed by atoms with Crippen molar-refractivity contribution in [1.29, 1.82) is 0 Å². The zero-order chi connectivity index (χ0) is 24.5. The Bertz CT molecular complexity index is 1390. The Hall–Kier alpha value is -3.78. The van der Waals surface area contributed by atoms with E-state index in [0.717, 1.165) is 23.9 Å². The number of rotatable bonds is 5. The maximum Gasteiger partial charge on any atom is 0.256 e. The van der Waals surface area contributed by atoms with E-state index in [1.54, 1.807) is 27.8 Å². The summed E-state index contributed by atoms with van der Waals surface area (Å²) in [4.78, 5) is 23.7. The van der Waals surface area contributed by atoms with Crippen LogP contribution in [-0.2, 0) is 0 Å². The van der Waals surface area contributed by atoms with Crippen molar-refractivity contribution in [3.8, 4) is 5.69 Å². The van der Waals surface area contributed by atoms with Gasteiger partial charge in [-0.3, -0.25) is 4.79 Å². The zero-order valence-electron chi connectivity index (χ0n) is 20.2. The van der Waals surface area contributed by atoms with Crippen molar-refractivity contribution < 1.29 is 9.18 Å². The van der Waals surface area contributed by atoms with Crippen molar-refractivity contribution >= 4 is 28.6 Å². The summed E-state index contributed by atoms with van der Waals surface area (Å²) in [6.45, 7) is 5.38. The molecule has 0 aliphatic carbocycles. The highest BCUT2D eigenvalue weighted by molar-refractivity contribution is 5.95. The topological polar surface area (TPSA) is 75.1 Å². The highest BCUT2D eigenvalue weighted by Gasteiger charge is 2.25. The summed E-state index contributed by atoms with van der Waals surface area (Å²) >= 11 is 0. The minimum absolute atomic E-state index is 0.0971. The third-order valence-electron chi connectivity index (χ3n) is 6.84. The van der Waals surface area contributed by atoms with Crippen LogP contribution in [0.4, 0.5) is 16.0 Å². The molecule has 4 aromatic rings. The molecule has 0 spiro atoms. The van der Waals surface area contributed by atoms with Gasteiger partial charge in [0.15, 0.2) is 0 Å². The van der Waals surface area contributed by atoms with Crippen molar-refractivity contribution in [3.63, 3.8) is 0 Å². The summed E-state index contributed by atoms with van der Waals surface area (Å²) in [5.41, 5.74) is 4.64. The van der Waals surface area contributed by atoms with E-state index in [9.17, 15) is 4.79 Å². The molecule has 0 bridgehead atoms. The molecule has 35 heavy (non-hydrogen) atoms. The number of amides is 1. The molecule has 2 N–H and O–H groups in total. The molecular weight excluding hydrogens is 443 g/mol. The maximum atomic E-state index is 15.1. The van der Waals surface area contributed by atoms with Crippen LogP contribution in [0.25, 0.3) is 16.7 Å². The maximum absolute atomic E-state index is 15.1. The number of carbonyl (C=O) groups excluding carboxylic acids is 1. The van der Waals surface area contributed by atoms with Crippen molar-refractivity contribution in [2.45, 2.75) is 32.7 Å². The van der Waals surface area contributed by atoms with Gasteiger partial charge >= 0.3 is 0 Å². The second kappa shape index (κ2) is 9.46. The fraction of sp³-hybridized carbons (Fsp3) is 0.296. The molecule has 2 aromatic heterocycles. The second-order valence-corrected chi connectivity index (χ2v) is 9.10. The van der Waals surface area contributed by atoms with Crippen LogP contribution in [0.1, 0.15) is 34.3 Å². The highest BCUT2D eigenvalue weighted by Crippen LogP contribution is 2.24. The molecule has 0 unspecified atom stereocenters. The first kappa shape index (κ1) is 23.0. The van der Waals surface area contributed by atoms with E-state index in [-0.39, 0.29) is 11.5 Å². The number of benzene rings is 2. The SMILES string of the molecule is CNC1CCN(C(=O)c2ccc(-n3ccc4cnc(Nc5ccc(C)c(C)c5)nc43)cc2F)CC1. The second-order valence-electron chi connectivity index (χ2n) is 9.10. The zero-order valence-corrected chi connectivity index (χ0v) is 20.2. The molecule has 1 aliphatic rings. The molecule has 1 aliphatic heterocycles. The van der Waals surface area contributed by atoms with Crippen molar-refractivity contribution in [3.05, 3.63) is 77.4 Å². The number of aryl methyl sites for hydroxylation is 2. The number of piperidine rings is 1. The fourth-order valence-electron chi connectivity index (χ4n) is 4.50. The number of anilines is 2. The van der Waals surface area contributed by atoms with Gasteiger partial charge in [-0.1, -0.05) is 6.07 Å². The van der Waals surface area contributed by atoms with Gasteiger partial charge in [-0.05, 0) is 81.3 Å². The van der Waals surface area contributed by atoms with Gasteiger partial charge in [0, 0.05) is 48.3 Å². The van der Waals surface area contributed by atoms with Crippen LogP contribution in [-0.4, -0.2) is 51.5 Å². The van der Waals surface area contributed by atoms with Gasteiger partial charge in [-0.15, -0.1) is 0 Å². The number of aromatic nitrogens is 3. The standard InChI is InChI=1S/C27H29FN6O/c1-17-4-5-21(14-18(17)2)31-27-30-16-19-8-13-34(25(19)32-27)22-6-7-23(24(28)15-22)26(35)33-11-9-20(29-3)10-12-33/h4-8,13-16,20,29H,9-12H2,1-3H3,(H,30,31,32). The lowest BCUT2D eigenvalue weighted by Gasteiger charge is -2.32. The summed E-state index contributed by atoms with van der Waals surface area (Å²) in [7, 11) is 1.93. The van der Waals surface area contributed by atoms with Crippen LogP contribution < -0.4 is 10.6 Å². The van der Waals surface area contributed by atoms with E-state index in [4.69, 9.17) is 0 Å². The number of nitrogens with one attached hydrogen (secondary N) is 2. The first-order valence-corrected chi connectivity index (χ1v) is 11.9. The molecule has 0 radical (unpaired) electrons.